The number of para-hydroxylation sites is 1. The van der Waals surface area contributed by atoms with Crippen LogP contribution in [0.5, 0.6) is 0 Å². The lowest BCUT2D eigenvalue weighted by Crippen LogP contribution is -2.41. The topological polar surface area (TPSA) is 66.5 Å². The van der Waals surface area contributed by atoms with Gasteiger partial charge in [-0.15, -0.1) is 0 Å². The zero-order valence-corrected chi connectivity index (χ0v) is 16.5. The zero-order valence-electron chi connectivity index (χ0n) is 16.5. The Morgan fingerprint density at radius 2 is 1.50 bits per heavy atom. The SMILES string of the molecule is C[C@H](C(=O)Nc1ccc2c(c1)C(=O)c1ccccc1C2=O)N1CCc2ccccc21. The van der Waals surface area contributed by atoms with Crippen molar-refractivity contribution in [2.75, 3.05) is 16.8 Å². The van der Waals surface area contributed by atoms with E-state index in [0.29, 0.717) is 27.9 Å². The van der Waals surface area contributed by atoms with Crippen LogP contribution in [-0.2, 0) is 11.2 Å². The Morgan fingerprint density at radius 3 is 2.27 bits per heavy atom. The fourth-order valence-corrected chi connectivity index (χ4v) is 4.33. The molecule has 1 atom stereocenters. The summed E-state index contributed by atoms with van der Waals surface area (Å²) >= 11 is 0. The number of fused-ring (bicyclic) bond motifs is 3. The number of carbonyl (C=O) groups excluding carboxylic acids is 3. The van der Waals surface area contributed by atoms with Gasteiger partial charge < -0.3 is 10.2 Å². The van der Waals surface area contributed by atoms with Crippen LogP contribution in [0.15, 0.2) is 66.7 Å². The summed E-state index contributed by atoms with van der Waals surface area (Å²) in [6.07, 6.45) is 0.919. The number of carbonyl (C=O) groups is 3. The van der Waals surface area contributed by atoms with Gasteiger partial charge in [0.2, 0.25) is 5.91 Å². The Bertz CT molecular complexity index is 1210. The van der Waals surface area contributed by atoms with Crippen molar-refractivity contribution < 1.29 is 14.4 Å². The molecule has 2 aliphatic rings. The maximum atomic E-state index is 12.9. The van der Waals surface area contributed by atoms with Crippen LogP contribution in [0.25, 0.3) is 0 Å². The van der Waals surface area contributed by atoms with Crippen LogP contribution < -0.4 is 10.2 Å². The van der Waals surface area contributed by atoms with E-state index in [-0.39, 0.29) is 23.5 Å². The summed E-state index contributed by atoms with van der Waals surface area (Å²) < 4.78 is 0. The van der Waals surface area contributed by atoms with E-state index in [1.807, 2.05) is 25.1 Å². The minimum absolute atomic E-state index is 0.151. The molecule has 0 spiro atoms. The van der Waals surface area contributed by atoms with Gasteiger partial charge in [0, 0.05) is 40.2 Å². The largest absolute Gasteiger partial charge is 0.359 e. The Labute approximate surface area is 174 Å². The van der Waals surface area contributed by atoms with Gasteiger partial charge in [0.05, 0.1) is 0 Å². The van der Waals surface area contributed by atoms with E-state index >= 15 is 0 Å². The Kier molecular flexibility index (Phi) is 4.24. The molecule has 0 bridgehead atoms. The second kappa shape index (κ2) is 6.95. The van der Waals surface area contributed by atoms with Gasteiger partial charge in [0.15, 0.2) is 11.6 Å². The number of hydrogen-bond acceptors (Lipinski definition) is 4. The van der Waals surface area contributed by atoms with Gasteiger partial charge in [0.1, 0.15) is 6.04 Å². The van der Waals surface area contributed by atoms with Crippen molar-refractivity contribution in [1.29, 1.82) is 0 Å². The molecule has 5 rings (SSSR count). The van der Waals surface area contributed by atoms with Crippen molar-refractivity contribution in [2.45, 2.75) is 19.4 Å². The summed E-state index contributed by atoms with van der Waals surface area (Å²) in [6, 6.07) is 19.5. The molecule has 1 amide bonds. The molecule has 148 valence electrons. The molecular formula is C25H20N2O3. The van der Waals surface area contributed by atoms with E-state index in [0.717, 1.165) is 18.7 Å². The van der Waals surface area contributed by atoms with Crippen molar-refractivity contribution >= 4 is 28.8 Å². The predicted octanol–water partition coefficient (Wildman–Crippen LogP) is 3.85. The van der Waals surface area contributed by atoms with Crippen LogP contribution in [0, 0.1) is 0 Å². The van der Waals surface area contributed by atoms with E-state index in [2.05, 4.69) is 16.3 Å². The molecule has 30 heavy (non-hydrogen) atoms. The molecule has 1 heterocycles. The number of benzene rings is 3. The first-order valence-corrected chi connectivity index (χ1v) is 10.0. The van der Waals surface area contributed by atoms with Crippen LogP contribution in [0.3, 0.4) is 0 Å². The lowest BCUT2D eigenvalue weighted by atomic mass is 9.84. The van der Waals surface area contributed by atoms with E-state index in [4.69, 9.17) is 0 Å². The van der Waals surface area contributed by atoms with Gasteiger partial charge in [-0.1, -0.05) is 42.5 Å². The summed E-state index contributed by atoms with van der Waals surface area (Å²) in [5.41, 5.74) is 4.37. The lowest BCUT2D eigenvalue weighted by Gasteiger charge is -2.26. The number of amides is 1. The molecule has 1 aliphatic heterocycles. The number of nitrogens with zero attached hydrogens (tertiary/aromatic N) is 1. The van der Waals surface area contributed by atoms with Gasteiger partial charge >= 0.3 is 0 Å². The van der Waals surface area contributed by atoms with Gasteiger partial charge in [-0.25, -0.2) is 0 Å². The number of anilines is 2. The average Bonchev–Trinajstić information content (AvgIpc) is 3.21. The third-order valence-electron chi connectivity index (χ3n) is 5.96. The summed E-state index contributed by atoms with van der Waals surface area (Å²) in [7, 11) is 0. The van der Waals surface area contributed by atoms with Gasteiger partial charge in [-0.05, 0) is 43.2 Å². The number of hydrogen-bond donors (Lipinski definition) is 1. The fourth-order valence-electron chi connectivity index (χ4n) is 4.33. The molecule has 3 aromatic rings. The van der Waals surface area contributed by atoms with Crippen LogP contribution in [0.2, 0.25) is 0 Å². The van der Waals surface area contributed by atoms with Crippen molar-refractivity contribution in [2.24, 2.45) is 0 Å². The van der Waals surface area contributed by atoms with Gasteiger partial charge in [-0.2, -0.15) is 0 Å². The molecule has 0 fully saturated rings. The lowest BCUT2D eigenvalue weighted by molar-refractivity contribution is -0.117. The zero-order chi connectivity index (χ0) is 20.8. The summed E-state index contributed by atoms with van der Waals surface area (Å²) in [5, 5.41) is 2.91. The summed E-state index contributed by atoms with van der Waals surface area (Å²) in [4.78, 5) is 40.6. The normalized spacial score (nSPS) is 15.3. The molecule has 3 aromatic carbocycles. The highest BCUT2D eigenvalue weighted by Crippen LogP contribution is 2.31. The maximum absolute atomic E-state index is 12.9. The second-order valence-electron chi connectivity index (χ2n) is 7.70. The third kappa shape index (κ3) is 2.82. The van der Waals surface area contributed by atoms with Gasteiger partial charge in [0.25, 0.3) is 0 Å². The van der Waals surface area contributed by atoms with E-state index in [1.165, 1.54) is 5.56 Å². The standard InChI is InChI=1S/C25H20N2O3/c1-15(27-13-12-16-6-2-5-9-22(16)27)25(30)26-17-10-11-20-21(14-17)24(29)19-8-4-3-7-18(19)23(20)28/h2-11,14-15H,12-13H2,1H3,(H,26,30)/t15-/m1/s1. The highest BCUT2D eigenvalue weighted by molar-refractivity contribution is 6.28. The third-order valence-corrected chi connectivity index (χ3v) is 5.96. The Balaban J connectivity index is 1.40. The molecule has 0 radical (unpaired) electrons. The number of nitrogens with one attached hydrogen (secondary N) is 1. The first kappa shape index (κ1) is 18.3. The van der Waals surface area contributed by atoms with Gasteiger partial charge in [-0.3, -0.25) is 14.4 Å². The minimum atomic E-state index is -0.359. The first-order valence-electron chi connectivity index (χ1n) is 10.0. The molecule has 5 nitrogen and oxygen atoms in total. The highest BCUT2D eigenvalue weighted by atomic mass is 16.2. The van der Waals surface area contributed by atoms with Crippen molar-refractivity contribution in [3.63, 3.8) is 0 Å². The molecular weight excluding hydrogens is 376 g/mol. The predicted molar refractivity (Wildman–Crippen MR) is 115 cm³/mol. The molecule has 1 N–H and O–H groups in total. The fraction of sp³-hybridized carbons (Fsp3) is 0.160. The minimum Gasteiger partial charge on any atom is -0.359 e. The molecule has 5 heteroatoms. The molecule has 1 aliphatic carbocycles. The summed E-state index contributed by atoms with van der Waals surface area (Å²) in [5.74, 6) is -0.514. The van der Waals surface area contributed by atoms with Crippen LogP contribution in [0.4, 0.5) is 11.4 Å². The van der Waals surface area contributed by atoms with E-state index < -0.39 is 0 Å². The highest BCUT2D eigenvalue weighted by Gasteiger charge is 2.31. The maximum Gasteiger partial charge on any atom is 0.246 e. The average molecular weight is 396 g/mol. The first-order chi connectivity index (χ1) is 14.5. The number of ketones is 2. The Hall–Kier alpha value is -3.73. The number of rotatable bonds is 3. The molecule has 0 unspecified atom stereocenters. The molecule has 0 saturated heterocycles. The summed E-state index contributed by atoms with van der Waals surface area (Å²) in [6.45, 7) is 2.67. The van der Waals surface area contributed by atoms with Crippen LogP contribution in [0.1, 0.15) is 44.3 Å². The van der Waals surface area contributed by atoms with E-state index in [9.17, 15) is 14.4 Å². The van der Waals surface area contributed by atoms with Crippen molar-refractivity contribution in [1.82, 2.24) is 0 Å². The van der Waals surface area contributed by atoms with Crippen molar-refractivity contribution in [3.05, 3.63) is 94.5 Å². The molecule has 0 aromatic heterocycles. The second-order valence-corrected chi connectivity index (χ2v) is 7.70. The van der Waals surface area contributed by atoms with E-state index in [1.54, 1.807) is 42.5 Å². The smallest absolute Gasteiger partial charge is 0.246 e. The Morgan fingerprint density at radius 1 is 0.867 bits per heavy atom. The quantitative estimate of drug-likeness (QED) is 0.571. The molecule has 0 saturated carbocycles. The van der Waals surface area contributed by atoms with Crippen LogP contribution >= 0.6 is 0 Å². The monoisotopic (exact) mass is 396 g/mol. The van der Waals surface area contributed by atoms with Crippen LogP contribution in [-0.4, -0.2) is 30.1 Å². The van der Waals surface area contributed by atoms with Crippen molar-refractivity contribution in [3.8, 4) is 0 Å².